The van der Waals surface area contributed by atoms with Crippen LogP contribution in [0.2, 0.25) is 0 Å². The molecule has 1 aliphatic rings. The lowest BCUT2D eigenvalue weighted by molar-refractivity contribution is 0.214. The fourth-order valence-electron chi connectivity index (χ4n) is 3.03. The van der Waals surface area contributed by atoms with Gasteiger partial charge in [0.05, 0.1) is 6.61 Å². The van der Waals surface area contributed by atoms with E-state index in [1.807, 2.05) is 30.3 Å². The van der Waals surface area contributed by atoms with Crippen molar-refractivity contribution >= 4 is 15.9 Å². The second-order valence-corrected chi connectivity index (χ2v) is 6.41. The van der Waals surface area contributed by atoms with Gasteiger partial charge in [0, 0.05) is 22.0 Å². The molecule has 1 heterocycles. The maximum absolute atomic E-state index is 14.1. The predicted molar refractivity (Wildman–Crippen MR) is 85.1 cm³/mol. The van der Waals surface area contributed by atoms with Crippen LogP contribution in [-0.4, -0.2) is 13.2 Å². The molecule has 0 radical (unpaired) electrons. The Hall–Kier alpha value is -1.39. The summed E-state index contributed by atoms with van der Waals surface area (Å²) in [4.78, 5) is 0. The number of ether oxygens (including phenoxy) is 1. The van der Waals surface area contributed by atoms with Crippen LogP contribution < -0.4 is 10.5 Å². The van der Waals surface area contributed by atoms with Gasteiger partial charge in [-0.25, -0.2) is 4.39 Å². The average molecular weight is 350 g/mol. The molecular weight excluding hydrogens is 333 g/mol. The molecule has 0 saturated heterocycles. The Labute approximate surface area is 132 Å². The SMILES string of the molecule is NCC1(Cc2cc(Br)ccc2F)CCOc2ccccc21. The van der Waals surface area contributed by atoms with E-state index in [9.17, 15) is 4.39 Å². The van der Waals surface area contributed by atoms with Crippen molar-refractivity contribution in [3.63, 3.8) is 0 Å². The summed E-state index contributed by atoms with van der Waals surface area (Å²) in [5, 5.41) is 0. The molecule has 2 nitrogen and oxygen atoms in total. The Morgan fingerprint density at radius 1 is 1.24 bits per heavy atom. The van der Waals surface area contributed by atoms with Gasteiger partial charge in [0.25, 0.3) is 0 Å². The van der Waals surface area contributed by atoms with Gasteiger partial charge in [-0.05, 0) is 42.7 Å². The summed E-state index contributed by atoms with van der Waals surface area (Å²) in [7, 11) is 0. The van der Waals surface area contributed by atoms with Crippen molar-refractivity contribution in [3.05, 3.63) is 63.9 Å². The first kappa shape index (κ1) is 14.5. The van der Waals surface area contributed by atoms with E-state index in [-0.39, 0.29) is 11.2 Å². The van der Waals surface area contributed by atoms with Crippen molar-refractivity contribution in [2.75, 3.05) is 13.2 Å². The summed E-state index contributed by atoms with van der Waals surface area (Å²) >= 11 is 3.41. The number of fused-ring (bicyclic) bond motifs is 1. The highest BCUT2D eigenvalue weighted by atomic mass is 79.9. The third-order valence-corrected chi connectivity index (χ3v) is 4.72. The number of benzene rings is 2. The quantitative estimate of drug-likeness (QED) is 0.914. The zero-order chi connectivity index (χ0) is 14.9. The molecule has 1 unspecified atom stereocenters. The Morgan fingerprint density at radius 2 is 2.05 bits per heavy atom. The minimum absolute atomic E-state index is 0.185. The second kappa shape index (κ2) is 5.78. The van der Waals surface area contributed by atoms with Crippen LogP contribution in [0.1, 0.15) is 17.5 Å². The van der Waals surface area contributed by atoms with Crippen molar-refractivity contribution < 1.29 is 9.13 Å². The van der Waals surface area contributed by atoms with Crippen LogP contribution in [0, 0.1) is 5.82 Å². The molecular formula is C17H17BrFNO. The van der Waals surface area contributed by atoms with Crippen molar-refractivity contribution in [3.8, 4) is 5.75 Å². The second-order valence-electron chi connectivity index (χ2n) is 5.49. The minimum Gasteiger partial charge on any atom is -0.493 e. The molecule has 2 aromatic carbocycles. The van der Waals surface area contributed by atoms with Gasteiger partial charge in [-0.3, -0.25) is 0 Å². The number of para-hydroxylation sites is 1. The Kier molecular flexibility index (Phi) is 4.00. The lowest BCUT2D eigenvalue weighted by Gasteiger charge is -2.38. The van der Waals surface area contributed by atoms with Crippen LogP contribution in [0.3, 0.4) is 0 Å². The van der Waals surface area contributed by atoms with E-state index in [1.165, 1.54) is 6.07 Å². The summed E-state index contributed by atoms with van der Waals surface area (Å²) in [6.07, 6.45) is 1.38. The van der Waals surface area contributed by atoms with Crippen molar-refractivity contribution in [1.29, 1.82) is 0 Å². The van der Waals surface area contributed by atoms with Crippen molar-refractivity contribution in [2.45, 2.75) is 18.3 Å². The highest BCUT2D eigenvalue weighted by molar-refractivity contribution is 9.10. The number of hydrogen-bond acceptors (Lipinski definition) is 2. The van der Waals surface area contributed by atoms with E-state index in [4.69, 9.17) is 10.5 Å². The molecule has 0 amide bonds. The minimum atomic E-state index is -0.267. The molecule has 2 N–H and O–H groups in total. The van der Waals surface area contributed by atoms with Gasteiger partial charge in [-0.2, -0.15) is 0 Å². The van der Waals surface area contributed by atoms with E-state index >= 15 is 0 Å². The number of hydrogen-bond donors (Lipinski definition) is 1. The maximum atomic E-state index is 14.1. The van der Waals surface area contributed by atoms with Crippen molar-refractivity contribution in [2.24, 2.45) is 5.73 Å². The van der Waals surface area contributed by atoms with Crippen LogP contribution in [0.5, 0.6) is 5.75 Å². The molecule has 110 valence electrons. The zero-order valence-corrected chi connectivity index (χ0v) is 13.2. The summed E-state index contributed by atoms with van der Waals surface area (Å²) in [6.45, 7) is 1.09. The lowest BCUT2D eigenvalue weighted by Crippen LogP contribution is -2.42. The predicted octanol–water partition coefficient (Wildman–Crippen LogP) is 3.81. The standard InChI is InChI=1S/C17H17BrFNO/c18-13-5-6-15(19)12(9-13)10-17(11-20)7-8-21-16-4-2-1-3-14(16)17/h1-6,9H,7-8,10-11,20H2. The first-order valence-corrected chi connectivity index (χ1v) is 7.80. The van der Waals surface area contributed by atoms with Crippen LogP contribution in [0.15, 0.2) is 46.9 Å². The Balaban J connectivity index is 2.04. The van der Waals surface area contributed by atoms with Crippen molar-refractivity contribution in [1.82, 2.24) is 0 Å². The first-order valence-electron chi connectivity index (χ1n) is 7.01. The molecule has 0 saturated carbocycles. The van der Waals surface area contributed by atoms with E-state index in [2.05, 4.69) is 15.9 Å². The van der Waals surface area contributed by atoms with E-state index in [0.29, 0.717) is 25.1 Å². The fraction of sp³-hybridized carbons (Fsp3) is 0.294. The molecule has 0 aromatic heterocycles. The molecule has 0 fully saturated rings. The highest BCUT2D eigenvalue weighted by Crippen LogP contribution is 2.41. The van der Waals surface area contributed by atoms with Gasteiger partial charge < -0.3 is 10.5 Å². The van der Waals surface area contributed by atoms with Gasteiger partial charge >= 0.3 is 0 Å². The van der Waals surface area contributed by atoms with Crippen LogP contribution in [-0.2, 0) is 11.8 Å². The molecule has 0 spiro atoms. The van der Waals surface area contributed by atoms with Gasteiger partial charge in [0.2, 0.25) is 0 Å². The lowest BCUT2D eigenvalue weighted by atomic mass is 9.72. The van der Waals surface area contributed by atoms with Crippen LogP contribution in [0.25, 0.3) is 0 Å². The fourth-order valence-corrected chi connectivity index (χ4v) is 3.44. The molecule has 21 heavy (non-hydrogen) atoms. The van der Waals surface area contributed by atoms with E-state index in [1.54, 1.807) is 6.07 Å². The third kappa shape index (κ3) is 2.70. The highest BCUT2D eigenvalue weighted by Gasteiger charge is 2.37. The zero-order valence-electron chi connectivity index (χ0n) is 11.6. The summed E-state index contributed by atoms with van der Waals surface area (Å²) in [6, 6.07) is 13.0. The number of rotatable bonds is 3. The molecule has 0 bridgehead atoms. The Morgan fingerprint density at radius 3 is 2.86 bits per heavy atom. The largest absolute Gasteiger partial charge is 0.493 e. The monoisotopic (exact) mass is 349 g/mol. The van der Waals surface area contributed by atoms with Gasteiger partial charge in [-0.15, -0.1) is 0 Å². The normalized spacial score (nSPS) is 20.7. The molecule has 2 aromatic rings. The van der Waals surface area contributed by atoms with Gasteiger partial charge in [0.1, 0.15) is 11.6 Å². The van der Waals surface area contributed by atoms with E-state index in [0.717, 1.165) is 22.2 Å². The average Bonchev–Trinajstić information content (AvgIpc) is 2.51. The molecule has 1 atom stereocenters. The molecule has 0 aliphatic carbocycles. The van der Waals surface area contributed by atoms with Crippen LogP contribution >= 0.6 is 15.9 Å². The maximum Gasteiger partial charge on any atom is 0.126 e. The van der Waals surface area contributed by atoms with Crippen LogP contribution in [0.4, 0.5) is 4.39 Å². The topological polar surface area (TPSA) is 35.2 Å². The smallest absolute Gasteiger partial charge is 0.126 e. The first-order chi connectivity index (χ1) is 10.1. The number of nitrogens with two attached hydrogens (primary N) is 1. The summed E-state index contributed by atoms with van der Waals surface area (Å²) in [5.74, 6) is 0.680. The van der Waals surface area contributed by atoms with Gasteiger partial charge in [0.15, 0.2) is 0 Å². The summed E-state index contributed by atoms with van der Waals surface area (Å²) in [5.41, 5.74) is 7.60. The number of halogens is 2. The molecule has 1 aliphatic heterocycles. The summed E-state index contributed by atoms with van der Waals surface area (Å²) < 4.78 is 20.7. The van der Waals surface area contributed by atoms with E-state index < -0.39 is 0 Å². The molecule has 4 heteroatoms. The molecule has 3 rings (SSSR count). The third-order valence-electron chi connectivity index (χ3n) is 4.22. The van der Waals surface area contributed by atoms with Gasteiger partial charge in [-0.1, -0.05) is 34.1 Å². The Bertz CT molecular complexity index is 661.